The molecule has 1 radical (unpaired) electrons. The van der Waals surface area contributed by atoms with E-state index >= 15 is 0 Å². The maximum absolute atomic E-state index is 14.1. The Hall–Kier alpha value is -8.89. The van der Waals surface area contributed by atoms with Crippen molar-refractivity contribution in [3.05, 3.63) is 224 Å². The number of halogens is 12. The van der Waals surface area contributed by atoms with E-state index in [2.05, 4.69) is 33.4 Å². The van der Waals surface area contributed by atoms with Crippen molar-refractivity contribution in [1.29, 1.82) is 0 Å². The summed E-state index contributed by atoms with van der Waals surface area (Å²) in [6, 6.07) is 34.4. The van der Waals surface area contributed by atoms with Crippen molar-refractivity contribution in [2.75, 3.05) is 106 Å². The van der Waals surface area contributed by atoms with Gasteiger partial charge in [0, 0.05) is 95.0 Å². The average molecular weight is 1770 g/mol. The van der Waals surface area contributed by atoms with E-state index in [0.29, 0.717) is 107 Å². The smallest absolute Gasteiger partial charge is 0.416 e. The van der Waals surface area contributed by atoms with Gasteiger partial charge in [-0.1, -0.05) is 46.9 Å². The van der Waals surface area contributed by atoms with Crippen molar-refractivity contribution in [3.8, 4) is 11.5 Å². The third kappa shape index (κ3) is 18.8. The largest absolute Gasteiger partial charge is 0.497 e. The molecule has 0 saturated carbocycles. The molecule has 3 aliphatic rings. The van der Waals surface area contributed by atoms with Gasteiger partial charge in [-0.05, 0) is 181 Å². The number of sulfone groups is 1. The molecule has 3 aliphatic heterocycles. The van der Waals surface area contributed by atoms with Crippen molar-refractivity contribution in [2.24, 2.45) is 0 Å². The summed E-state index contributed by atoms with van der Waals surface area (Å²) >= 11 is 21.7. The van der Waals surface area contributed by atoms with Gasteiger partial charge in [-0.3, -0.25) is 0 Å². The van der Waals surface area contributed by atoms with E-state index in [9.17, 15) is 64.8 Å². The fourth-order valence-electron chi connectivity index (χ4n) is 12.4. The van der Waals surface area contributed by atoms with Crippen LogP contribution in [0, 0.1) is 13.8 Å². The monoisotopic (exact) mass is 1770 g/mol. The van der Waals surface area contributed by atoms with Crippen LogP contribution in [0.25, 0.3) is 0 Å². The molecular formula is C72H64Cl3F9N14O8S6V. The van der Waals surface area contributed by atoms with Gasteiger partial charge in [0.15, 0.2) is 9.84 Å². The van der Waals surface area contributed by atoms with Crippen LogP contribution in [-0.4, -0.2) is 121 Å². The first kappa shape index (κ1) is 85.0. The van der Waals surface area contributed by atoms with E-state index in [-0.39, 0.29) is 77.4 Å². The van der Waals surface area contributed by atoms with Crippen molar-refractivity contribution in [3.63, 3.8) is 0 Å². The number of aromatic nitrogens is 6. The Kier molecular flexibility index (Phi) is 25.8. The number of fused-ring (bicyclic) bond motifs is 3. The summed E-state index contributed by atoms with van der Waals surface area (Å²) in [5.41, 5.74) is 5.51. The van der Waals surface area contributed by atoms with Crippen LogP contribution < -0.4 is 47.9 Å². The van der Waals surface area contributed by atoms with Crippen LogP contribution in [-0.2, 0) is 85.8 Å². The Balaban J connectivity index is 0.000000168. The van der Waals surface area contributed by atoms with Gasteiger partial charge < -0.3 is 39.3 Å². The molecule has 22 nitrogen and oxygen atoms in total. The Bertz CT molecular complexity index is 5640. The van der Waals surface area contributed by atoms with E-state index in [1.54, 1.807) is 77.5 Å². The van der Waals surface area contributed by atoms with Crippen LogP contribution in [0.2, 0.25) is 15.1 Å². The number of alkyl halides is 9. The maximum Gasteiger partial charge on any atom is 0.416 e. The molecule has 8 aromatic carbocycles. The molecule has 113 heavy (non-hydrogen) atoms. The number of hydrogen-bond acceptors (Lipinski definition) is 23. The van der Waals surface area contributed by atoms with Crippen LogP contribution in [0.4, 0.5) is 101 Å². The van der Waals surface area contributed by atoms with Gasteiger partial charge in [0.25, 0.3) is 20.0 Å². The summed E-state index contributed by atoms with van der Waals surface area (Å²) in [7, 11) is -5.08. The first-order chi connectivity index (χ1) is 52.9. The van der Waals surface area contributed by atoms with Crippen LogP contribution in [0.5, 0.6) is 11.5 Å². The molecular weight excluding hydrogens is 1710 g/mol. The van der Waals surface area contributed by atoms with E-state index in [1.165, 1.54) is 70.1 Å². The van der Waals surface area contributed by atoms with Gasteiger partial charge >= 0.3 is 18.5 Å². The number of anilines is 11. The summed E-state index contributed by atoms with van der Waals surface area (Å²) in [4.78, 5) is 21.6. The molecule has 0 atom stereocenters. The number of nitrogens with zero attached hydrogens (tertiary/aromatic N) is 13. The van der Waals surface area contributed by atoms with E-state index in [4.69, 9.17) is 44.3 Å². The maximum atomic E-state index is 14.1. The third-order valence-corrected chi connectivity index (χ3v) is 26.8. The Morgan fingerprint density at radius 2 is 0.832 bits per heavy atom. The number of ether oxygens (including phenoxy) is 2. The molecule has 41 heteroatoms. The van der Waals surface area contributed by atoms with Crippen LogP contribution in [0.3, 0.4) is 0 Å². The minimum atomic E-state index is -4.52. The van der Waals surface area contributed by atoms with Gasteiger partial charge in [0.05, 0.1) is 125 Å². The standard InChI is InChI=1S/C27H25ClF3N5O3S2.C26H23ClF3N5O3S2.C19H16ClF3N4O2S2.V/c1-17-12-20(39-3)6-4-18(17)15-36(26-32-16-33-40-26)41(37,38)21-7-9-24-25(14-21)34(2)10-11-35(24)23-8-5-19(13-22(23)28)27(29,30)31;1-16-11-19(38-2)5-3-17(16)14-35(25-32-15-33-39-25)40(36,37)20-6-8-24-22(13-20)31-9-10-34(24)23-7-4-18(12-21(23)27)26(28,29)30;1-26-6-7-27(15-4-2-12(8-14(15)20)19(21,22)23)16-5-3-13(9-17(16)26)31(28,29)10-18-24-11-25-30-18;/h4-9,12-14,16H,10-11,15H2,1-3H3;3-8,11-13,15,31H,9-10,14H2,1-2H3;2-5,8-9,11H,6-7,10H2,1H3;. The van der Waals surface area contributed by atoms with Gasteiger partial charge in [0.1, 0.15) is 41.2 Å². The third-order valence-electron chi connectivity index (χ3n) is 18.3. The number of hydrogen-bond donors (Lipinski definition) is 1. The molecule has 11 aromatic rings. The van der Waals surface area contributed by atoms with Gasteiger partial charge in [-0.15, -0.1) is 0 Å². The Morgan fingerprint density at radius 3 is 1.21 bits per heavy atom. The molecule has 0 saturated heterocycles. The zero-order valence-electron chi connectivity index (χ0n) is 60.0. The second-order valence-electron chi connectivity index (χ2n) is 25.3. The quantitative estimate of drug-likeness (QED) is 0.0786. The molecule has 0 unspecified atom stereocenters. The van der Waals surface area contributed by atoms with Crippen LogP contribution in [0.15, 0.2) is 179 Å². The molecule has 0 fully saturated rings. The van der Waals surface area contributed by atoms with Gasteiger partial charge in [-0.25, -0.2) is 48.8 Å². The SMILES string of the molecule is CN1CCN(c2ccc(C(F)(F)F)cc2Cl)c2ccc(S(=O)(=O)Cc3ncns3)cc21.COc1ccc(CN(c2ncns2)S(=O)(=O)c2ccc3c(c2)N(C)CCN3c2ccc(C(F)(F)F)cc2Cl)c(C)c1.COc1ccc(CN(c2ncns2)S(=O)(=O)c2ccc3c(c2)NCCN3c2ccc(C(F)(F)F)cc2Cl)c(C)c1.[V]. The number of methoxy groups -OCH3 is 2. The summed E-state index contributed by atoms with van der Waals surface area (Å²) < 4.78 is 224. The number of aryl methyl sites for hydroxylation is 2. The van der Waals surface area contributed by atoms with E-state index < -0.39 is 65.1 Å². The molecule has 595 valence electrons. The minimum absolute atomic E-state index is 0. The summed E-state index contributed by atoms with van der Waals surface area (Å²) in [5.74, 6) is 1.06. The average Bonchev–Trinajstić information content (AvgIpc) is 1.73. The number of benzene rings is 8. The van der Waals surface area contributed by atoms with Crippen molar-refractivity contribution >= 4 is 161 Å². The van der Waals surface area contributed by atoms with Crippen LogP contribution >= 0.6 is 69.4 Å². The normalized spacial score (nSPS) is 13.8. The van der Waals surface area contributed by atoms with E-state index in [0.717, 1.165) is 93.2 Å². The molecule has 0 bridgehead atoms. The summed E-state index contributed by atoms with van der Waals surface area (Å²) in [6.07, 6.45) is -9.62. The Labute approximate surface area is 683 Å². The fraction of sp³-hybridized carbons (Fsp3) is 0.250. The molecule has 0 spiro atoms. The fourth-order valence-corrected chi connectivity index (χ4v) is 19.7. The van der Waals surface area contributed by atoms with Crippen molar-refractivity contribution in [2.45, 2.75) is 65.9 Å². The molecule has 1 N–H and O–H groups in total. The number of nitrogens with one attached hydrogen (secondary N) is 1. The van der Waals surface area contributed by atoms with Crippen molar-refractivity contribution < 1.29 is 92.8 Å². The predicted octanol–water partition coefficient (Wildman–Crippen LogP) is 17.8. The number of likely N-dealkylation sites (N-methyl/N-ethyl adjacent to an activating group) is 2. The molecule has 14 rings (SSSR count). The molecule has 0 amide bonds. The van der Waals surface area contributed by atoms with E-state index in [1.807, 2.05) is 55.9 Å². The minimum Gasteiger partial charge on any atom is -0.497 e. The summed E-state index contributed by atoms with van der Waals surface area (Å²) in [5, 5.41) is 3.86. The first-order valence-electron chi connectivity index (χ1n) is 33.3. The predicted molar refractivity (Wildman–Crippen MR) is 418 cm³/mol. The van der Waals surface area contributed by atoms with Gasteiger partial charge in [-0.2, -0.15) is 52.6 Å². The summed E-state index contributed by atoms with van der Waals surface area (Å²) in [6.45, 7) is 6.54. The second kappa shape index (κ2) is 34.3. The first-order valence-corrected chi connectivity index (χ1v) is 41.3. The molecule has 6 heterocycles. The molecule has 0 aliphatic carbocycles. The zero-order chi connectivity index (χ0) is 80.6. The van der Waals surface area contributed by atoms with Crippen molar-refractivity contribution in [1.82, 2.24) is 28.1 Å². The number of sulfonamides is 2. The van der Waals surface area contributed by atoms with Crippen LogP contribution in [0.1, 0.15) is 44.0 Å². The topological polar surface area (TPSA) is 233 Å². The van der Waals surface area contributed by atoms with Gasteiger partial charge in [0.2, 0.25) is 10.3 Å². The Morgan fingerprint density at radius 1 is 0.451 bits per heavy atom. The zero-order valence-corrected chi connectivity index (χ0v) is 68.5. The second-order valence-corrected chi connectivity index (χ2v) is 34.7. The molecule has 3 aromatic heterocycles. The number of rotatable bonds is 18.